The van der Waals surface area contributed by atoms with E-state index >= 15 is 0 Å². The Morgan fingerprint density at radius 1 is 0.667 bits per heavy atom. The third kappa shape index (κ3) is 3.60. The van der Waals surface area contributed by atoms with E-state index in [9.17, 15) is 19.8 Å². The predicted molar refractivity (Wildman–Crippen MR) is 92.6 cm³/mol. The lowest BCUT2D eigenvalue weighted by Crippen LogP contribution is -2.15. The second-order valence-electron chi connectivity index (χ2n) is 5.47. The molecule has 0 amide bonds. The van der Waals surface area contributed by atoms with E-state index in [1.165, 1.54) is 0 Å². The van der Waals surface area contributed by atoms with Crippen molar-refractivity contribution in [2.45, 2.75) is 13.8 Å². The van der Waals surface area contributed by atoms with Crippen molar-refractivity contribution in [3.8, 4) is 0 Å². The van der Waals surface area contributed by atoms with Crippen molar-refractivity contribution in [1.82, 2.24) is 0 Å². The predicted octanol–water partition coefficient (Wildman–Crippen LogP) is 3.99. The fourth-order valence-electron chi connectivity index (χ4n) is 2.57. The third-order valence-electron chi connectivity index (χ3n) is 3.55. The lowest BCUT2D eigenvalue weighted by Gasteiger charge is -2.15. The van der Waals surface area contributed by atoms with Crippen molar-refractivity contribution in [3.63, 3.8) is 0 Å². The van der Waals surface area contributed by atoms with E-state index < -0.39 is 11.9 Å². The number of rotatable bonds is 5. The average molecular weight is 322 g/mol. The Morgan fingerprint density at radius 3 is 1.33 bits per heavy atom. The van der Waals surface area contributed by atoms with Gasteiger partial charge in [0.15, 0.2) is 0 Å². The van der Waals surface area contributed by atoms with Gasteiger partial charge in [0.05, 0.1) is 11.1 Å². The molecular weight excluding hydrogens is 304 g/mol. The fraction of sp³-hybridized carbons (Fsp3) is 0.100. The Morgan fingerprint density at radius 2 is 1.04 bits per heavy atom. The van der Waals surface area contributed by atoms with E-state index in [1.54, 1.807) is 62.4 Å². The standard InChI is InChI=1S/C20H18O4/c1-13(2)16(19(21)22)18(20(23)24)17(14-9-5-3-6-10-14)15-11-7-4-8-12-15/h3-12H,1-2H3,(H,21,22)(H,23,24). The van der Waals surface area contributed by atoms with Crippen molar-refractivity contribution in [2.75, 3.05) is 0 Å². The molecule has 0 radical (unpaired) electrons. The van der Waals surface area contributed by atoms with Gasteiger partial charge in [0.2, 0.25) is 0 Å². The van der Waals surface area contributed by atoms with Crippen molar-refractivity contribution >= 4 is 17.5 Å². The summed E-state index contributed by atoms with van der Waals surface area (Å²) in [5, 5.41) is 19.3. The highest BCUT2D eigenvalue weighted by atomic mass is 16.4. The number of hydrogen-bond donors (Lipinski definition) is 2. The van der Waals surface area contributed by atoms with E-state index in [-0.39, 0.29) is 11.1 Å². The first-order chi connectivity index (χ1) is 11.4. The van der Waals surface area contributed by atoms with E-state index in [2.05, 4.69) is 0 Å². The van der Waals surface area contributed by atoms with Gasteiger partial charge in [-0.1, -0.05) is 66.2 Å². The molecule has 24 heavy (non-hydrogen) atoms. The number of allylic oxidation sites excluding steroid dienone is 1. The van der Waals surface area contributed by atoms with Crippen LogP contribution in [-0.4, -0.2) is 22.2 Å². The molecule has 122 valence electrons. The molecule has 0 bridgehead atoms. The maximum atomic E-state index is 12.0. The molecule has 0 unspecified atom stereocenters. The Kier molecular flexibility index (Phi) is 5.32. The van der Waals surface area contributed by atoms with Crippen LogP contribution in [0.3, 0.4) is 0 Å². The molecule has 0 saturated carbocycles. The molecule has 0 heterocycles. The molecule has 2 aromatic rings. The highest BCUT2D eigenvalue weighted by molar-refractivity contribution is 6.13. The molecule has 2 N–H and O–H groups in total. The smallest absolute Gasteiger partial charge is 0.337 e. The van der Waals surface area contributed by atoms with Crippen LogP contribution < -0.4 is 0 Å². The zero-order chi connectivity index (χ0) is 17.7. The molecule has 0 atom stereocenters. The van der Waals surface area contributed by atoms with Crippen molar-refractivity contribution in [3.05, 3.63) is 88.5 Å². The molecule has 0 aliphatic heterocycles. The maximum absolute atomic E-state index is 12.0. The van der Waals surface area contributed by atoms with Crippen LogP contribution in [0.25, 0.3) is 5.57 Å². The topological polar surface area (TPSA) is 74.6 Å². The zero-order valence-electron chi connectivity index (χ0n) is 13.5. The van der Waals surface area contributed by atoms with Crippen molar-refractivity contribution in [2.24, 2.45) is 0 Å². The van der Waals surface area contributed by atoms with E-state index in [0.717, 1.165) is 0 Å². The summed E-state index contributed by atoms with van der Waals surface area (Å²) in [5.74, 6) is -2.52. The number of carboxylic acids is 2. The molecule has 0 spiro atoms. The second-order valence-corrected chi connectivity index (χ2v) is 5.47. The van der Waals surface area contributed by atoms with E-state index in [0.29, 0.717) is 22.3 Å². The largest absolute Gasteiger partial charge is 0.478 e. The van der Waals surface area contributed by atoms with Gasteiger partial charge in [-0.3, -0.25) is 0 Å². The molecular formula is C20H18O4. The van der Waals surface area contributed by atoms with Gasteiger partial charge < -0.3 is 10.2 Å². The number of aliphatic carboxylic acids is 2. The summed E-state index contributed by atoms with van der Waals surface area (Å²) >= 11 is 0. The van der Waals surface area contributed by atoms with Gasteiger partial charge in [0, 0.05) is 5.57 Å². The summed E-state index contributed by atoms with van der Waals surface area (Å²) in [6, 6.07) is 17.9. The normalized spacial score (nSPS) is 9.92. The fourth-order valence-corrected chi connectivity index (χ4v) is 2.57. The number of carbonyl (C=O) groups is 2. The molecule has 2 rings (SSSR count). The van der Waals surface area contributed by atoms with Gasteiger partial charge in [-0.15, -0.1) is 0 Å². The summed E-state index contributed by atoms with van der Waals surface area (Å²) in [5.41, 5.74) is 1.74. The Hall–Kier alpha value is -3.14. The van der Waals surface area contributed by atoms with Crippen LogP contribution in [0.1, 0.15) is 25.0 Å². The van der Waals surface area contributed by atoms with Gasteiger partial charge in [-0.2, -0.15) is 0 Å². The number of carboxylic acid groups (broad SMARTS) is 2. The summed E-state index contributed by atoms with van der Waals surface area (Å²) in [6.07, 6.45) is 0. The van der Waals surface area contributed by atoms with Crippen molar-refractivity contribution < 1.29 is 19.8 Å². The summed E-state index contributed by atoms with van der Waals surface area (Å²) in [7, 11) is 0. The third-order valence-corrected chi connectivity index (χ3v) is 3.55. The molecule has 4 nitrogen and oxygen atoms in total. The minimum Gasteiger partial charge on any atom is -0.478 e. The van der Waals surface area contributed by atoms with Crippen LogP contribution in [0.15, 0.2) is 77.4 Å². The van der Waals surface area contributed by atoms with Gasteiger partial charge in [-0.05, 0) is 25.0 Å². The molecule has 4 heteroatoms. The minimum absolute atomic E-state index is 0.190. The van der Waals surface area contributed by atoms with Crippen molar-refractivity contribution in [1.29, 1.82) is 0 Å². The highest BCUT2D eigenvalue weighted by Crippen LogP contribution is 2.32. The van der Waals surface area contributed by atoms with Crippen LogP contribution >= 0.6 is 0 Å². The first-order valence-electron chi connectivity index (χ1n) is 7.43. The summed E-state index contributed by atoms with van der Waals surface area (Å²) in [6.45, 7) is 3.19. The highest BCUT2D eigenvalue weighted by Gasteiger charge is 2.26. The van der Waals surface area contributed by atoms with Crippen LogP contribution in [0.5, 0.6) is 0 Å². The quantitative estimate of drug-likeness (QED) is 0.644. The Balaban J connectivity index is 2.93. The van der Waals surface area contributed by atoms with Crippen LogP contribution in [0, 0.1) is 0 Å². The molecule has 0 aromatic heterocycles. The van der Waals surface area contributed by atoms with Gasteiger partial charge in [0.1, 0.15) is 0 Å². The SMILES string of the molecule is CC(C)=C(C(=O)O)C(C(=O)O)=C(c1ccccc1)c1ccccc1. The summed E-state index contributed by atoms with van der Waals surface area (Å²) < 4.78 is 0. The minimum atomic E-state index is -1.27. The second kappa shape index (κ2) is 7.42. The first kappa shape index (κ1) is 17.2. The molecule has 0 saturated heterocycles. The molecule has 0 aliphatic carbocycles. The molecule has 0 aliphatic rings. The Bertz CT molecular complexity index is 770. The van der Waals surface area contributed by atoms with Crippen LogP contribution in [0.2, 0.25) is 0 Å². The van der Waals surface area contributed by atoms with Crippen LogP contribution in [-0.2, 0) is 9.59 Å². The zero-order valence-corrected chi connectivity index (χ0v) is 13.5. The monoisotopic (exact) mass is 322 g/mol. The van der Waals surface area contributed by atoms with E-state index in [1.807, 2.05) is 12.1 Å². The number of hydrogen-bond acceptors (Lipinski definition) is 2. The molecule has 2 aromatic carbocycles. The lowest BCUT2D eigenvalue weighted by atomic mass is 9.88. The lowest BCUT2D eigenvalue weighted by molar-refractivity contribution is -0.136. The first-order valence-corrected chi connectivity index (χ1v) is 7.43. The van der Waals surface area contributed by atoms with Gasteiger partial charge >= 0.3 is 11.9 Å². The molecule has 0 fully saturated rings. The summed E-state index contributed by atoms with van der Waals surface area (Å²) in [4.78, 5) is 23.7. The maximum Gasteiger partial charge on any atom is 0.337 e. The van der Waals surface area contributed by atoms with Gasteiger partial charge in [-0.25, -0.2) is 9.59 Å². The number of benzene rings is 2. The van der Waals surface area contributed by atoms with Crippen LogP contribution in [0.4, 0.5) is 0 Å². The van der Waals surface area contributed by atoms with E-state index in [4.69, 9.17) is 0 Å². The Labute approximate surface area is 140 Å². The average Bonchev–Trinajstić information content (AvgIpc) is 2.55. The van der Waals surface area contributed by atoms with Gasteiger partial charge in [0.25, 0.3) is 0 Å².